The van der Waals surface area contributed by atoms with Gasteiger partial charge in [0, 0.05) is 18.9 Å². The zero-order chi connectivity index (χ0) is 20.1. The Morgan fingerprint density at radius 1 is 1.29 bits per heavy atom. The topological polar surface area (TPSA) is 131 Å². The van der Waals surface area contributed by atoms with Crippen molar-refractivity contribution in [2.45, 2.75) is 13.0 Å². The average Bonchev–Trinajstić information content (AvgIpc) is 3.21. The summed E-state index contributed by atoms with van der Waals surface area (Å²) in [6.45, 7) is 1.77. The summed E-state index contributed by atoms with van der Waals surface area (Å²) in [5.74, 6) is 0.333. The fraction of sp³-hybridized carbons (Fsp3) is 0.176. The quantitative estimate of drug-likeness (QED) is 0.675. The summed E-state index contributed by atoms with van der Waals surface area (Å²) < 4.78 is 5.29. The lowest BCUT2D eigenvalue weighted by atomic mass is 10.0. The first-order valence-electron chi connectivity index (χ1n) is 8.04. The van der Waals surface area contributed by atoms with Gasteiger partial charge >= 0.3 is 6.03 Å². The van der Waals surface area contributed by atoms with Crippen molar-refractivity contribution in [1.29, 1.82) is 5.26 Å². The van der Waals surface area contributed by atoms with E-state index >= 15 is 0 Å². The van der Waals surface area contributed by atoms with Crippen molar-refractivity contribution in [1.82, 2.24) is 25.0 Å². The fourth-order valence-electron chi connectivity index (χ4n) is 2.47. The Bertz CT molecular complexity index is 1030. The highest BCUT2D eigenvalue weighted by atomic mass is 35.5. The number of halogens is 1. The van der Waals surface area contributed by atoms with E-state index < -0.39 is 12.1 Å². The summed E-state index contributed by atoms with van der Waals surface area (Å²) in [5, 5.41) is 22.8. The highest BCUT2D eigenvalue weighted by molar-refractivity contribution is 6.32. The third-order valence-electron chi connectivity index (χ3n) is 3.80. The largest absolute Gasteiger partial charge is 0.377 e. The van der Waals surface area contributed by atoms with Gasteiger partial charge in [0.15, 0.2) is 5.82 Å². The van der Waals surface area contributed by atoms with E-state index in [9.17, 15) is 10.1 Å². The van der Waals surface area contributed by atoms with E-state index in [1.165, 1.54) is 49.0 Å². The number of hydrogen-bond acceptors (Lipinski definition) is 7. The van der Waals surface area contributed by atoms with E-state index in [1.54, 1.807) is 6.92 Å². The number of hydrogen-bond donors (Lipinski definition) is 2. The number of pyridine rings is 2. The SMILES string of the molecule is CO[C@H](C)c1c(C#N)cncc1NC(=O)Nc1cnc(-n2nccn2)c(Cl)c1. The monoisotopic (exact) mass is 398 g/mol. The van der Waals surface area contributed by atoms with Crippen LogP contribution in [0.4, 0.5) is 16.2 Å². The number of ether oxygens (including phenoxy) is 1. The Morgan fingerprint density at radius 3 is 2.68 bits per heavy atom. The Hall–Kier alpha value is -3.55. The van der Waals surface area contributed by atoms with E-state index in [2.05, 4.69) is 30.8 Å². The van der Waals surface area contributed by atoms with E-state index in [-0.39, 0.29) is 5.02 Å². The molecule has 0 aliphatic rings. The molecular weight excluding hydrogens is 384 g/mol. The number of rotatable bonds is 5. The molecule has 3 aromatic rings. The minimum absolute atomic E-state index is 0.260. The summed E-state index contributed by atoms with van der Waals surface area (Å²) >= 11 is 6.19. The van der Waals surface area contributed by atoms with Crippen molar-refractivity contribution in [3.05, 3.63) is 53.2 Å². The lowest BCUT2D eigenvalue weighted by Gasteiger charge is -2.17. The second-order valence-corrected chi connectivity index (χ2v) is 5.97. The van der Waals surface area contributed by atoms with Crippen LogP contribution in [0.3, 0.4) is 0 Å². The molecule has 3 rings (SSSR count). The Balaban J connectivity index is 1.78. The molecule has 0 saturated carbocycles. The van der Waals surface area contributed by atoms with Gasteiger partial charge < -0.3 is 15.4 Å². The van der Waals surface area contributed by atoms with Crippen molar-refractivity contribution in [3.8, 4) is 11.9 Å². The van der Waals surface area contributed by atoms with Crippen molar-refractivity contribution in [2.24, 2.45) is 0 Å². The van der Waals surface area contributed by atoms with Crippen LogP contribution in [0.5, 0.6) is 0 Å². The van der Waals surface area contributed by atoms with Gasteiger partial charge in [-0.05, 0) is 13.0 Å². The number of carbonyl (C=O) groups is 1. The number of urea groups is 1. The molecule has 28 heavy (non-hydrogen) atoms. The van der Waals surface area contributed by atoms with Crippen LogP contribution in [-0.4, -0.2) is 38.1 Å². The van der Waals surface area contributed by atoms with Crippen LogP contribution in [0.25, 0.3) is 5.82 Å². The van der Waals surface area contributed by atoms with Crippen LogP contribution < -0.4 is 10.6 Å². The Labute approximate surface area is 165 Å². The van der Waals surface area contributed by atoms with E-state index in [0.717, 1.165) is 0 Å². The molecule has 11 heteroatoms. The first-order valence-corrected chi connectivity index (χ1v) is 8.42. The van der Waals surface area contributed by atoms with Crippen molar-refractivity contribution < 1.29 is 9.53 Å². The maximum Gasteiger partial charge on any atom is 0.323 e. The van der Waals surface area contributed by atoms with Crippen LogP contribution in [0.1, 0.15) is 24.2 Å². The maximum atomic E-state index is 12.4. The van der Waals surface area contributed by atoms with Crippen LogP contribution >= 0.6 is 11.6 Å². The smallest absolute Gasteiger partial charge is 0.323 e. The summed E-state index contributed by atoms with van der Waals surface area (Å²) in [7, 11) is 1.51. The number of amides is 2. The third-order valence-corrected chi connectivity index (χ3v) is 4.08. The van der Waals surface area contributed by atoms with Gasteiger partial charge in [0.25, 0.3) is 0 Å². The maximum absolute atomic E-state index is 12.4. The van der Waals surface area contributed by atoms with Gasteiger partial charge in [-0.25, -0.2) is 9.78 Å². The number of anilines is 2. The minimum Gasteiger partial charge on any atom is -0.377 e. The summed E-state index contributed by atoms with van der Waals surface area (Å²) in [6.07, 6.45) is 6.87. The molecule has 0 bridgehead atoms. The van der Waals surface area contributed by atoms with Crippen molar-refractivity contribution >= 4 is 29.0 Å². The van der Waals surface area contributed by atoms with Crippen molar-refractivity contribution in [2.75, 3.05) is 17.7 Å². The zero-order valence-corrected chi connectivity index (χ0v) is 15.7. The van der Waals surface area contributed by atoms with Crippen LogP contribution in [0, 0.1) is 11.3 Å². The molecule has 142 valence electrons. The molecule has 0 unspecified atom stereocenters. The molecule has 3 heterocycles. The van der Waals surface area contributed by atoms with Gasteiger partial charge in [-0.3, -0.25) is 4.98 Å². The molecule has 0 spiro atoms. The molecule has 0 aliphatic heterocycles. The number of nitrogens with one attached hydrogen (secondary N) is 2. The number of nitriles is 1. The predicted molar refractivity (Wildman–Crippen MR) is 101 cm³/mol. The molecule has 0 aliphatic carbocycles. The highest BCUT2D eigenvalue weighted by Crippen LogP contribution is 2.28. The first-order chi connectivity index (χ1) is 13.5. The zero-order valence-electron chi connectivity index (χ0n) is 14.9. The fourth-order valence-corrected chi connectivity index (χ4v) is 2.71. The Morgan fingerprint density at radius 2 is 2.04 bits per heavy atom. The molecule has 0 saturated heterocycles. The molecule has 0 fully saturated rings. The van der Waals surface area contributed by atoms with Gasteiger partial charge in [-0.1, -0.05) is 11.6 Å². The third kappa shape index (κ3) is 4.06. The van der Waals surface area contributed by atoms with Gasteiger partial charge in [0.1, 0.15) is 6.07 Å². The van der Waals surface area contributed by atoms with Crippen LogP contribution in [0.2, 0.25) is 5.02 Å². The average molecular weight is 399 g/mol. The summed E-state index contributed by atoms with van der Waals surface area (Å²) in [4.78, 5) is 21.8. The van der Waals surface area contributed by atoms with Gasteiger partial charge in [-0.15, -0.1) is 4.80 Å². The highest BCUT2D eigenvalue weighted by Gasteiger charge is 2.18. The second-order valence-electron chi connectivity index (χ2n) is 5.57. The molecule has 0 aromatic carbocycles. The molecule has 10 nitrogen and oxygen atoms in total. The number of aromatic nitrogens is 5. The lowest BCUT2D eigenvalue weighted by molar-refractivity contribution is 0.120. The molecule has 3 aromatic heterocycles. The van der Waals surface area contributed by atoms with E-state index in [1.807, 2.05) is 6.07 Å². The number of nitrogens with zero attached hydrogens (tertiary/aromatic N) is 6. The lowest BCUT2D eigenvalue weighted by Crippen LogP contribution is -2.21. The first kappa shape index (κ1) is 19.2. The molecule has 0 radical (unpaired) electrons. The number of methoxy groups -OCH3 is 1. The predicted octanol–water partition coefficient (Wildman–Crippen LogP) is 2.93. The molecule has 2 amide bonds. The minimum atomic E-state index is -0.552. The Kier molecular flexibility index (Phi) is 5.78. The second kappa shape index (κ2) is 8.43. The van der Waals surface area contributed by atoms with Crippen LogP contribution in [0.15, 0.2) is 37.1 Å². The summed E-state index contributed by atoms with van der Waals surface area (Å²) in [5.41, 5.74) is 1.57. The standard InChI is InChI=1S/C17H15ClN8O2/c1-10(28-2)15-11(6-19)7-20-9-14(15)25-17(27)24-12-5-13(18)16(21-8-12)26-22-3-4-23-26/h3-5,7-10H,1-2H3,(H2,24,25,27)/t10-/m1/s1. The van der Waals surface area contributed by atoms with E-state index in [4.69, 9.17) is 16.3 Å². The van der Waals surface area contributed by atoms with Gasteiger partial charge in [0.2, 0.25) is 0 Å². The molecule has 1 atom stereocenters. The van der Waals surface area contributed by atoms with Crippen LogP contribution in [-0.2, 0) is 4.74 Å². The summed E-state index contributed by atoms with van der Waals surface area (Å²) in [6, 6.07) is 3.02. The number of carbonyl (C=O) groups excluding carboxylic acids is 1. The van der Waals surface area contributed by atoms with Gasteiger partial charge in [-0.2, -0.15) is 15.5 Å². The van der Waals surface area contributed by atoms with Crippen molar-refractivity contribution in [3.63, 3.8) is 0 Å². The molecular formula is C17H15ClN8O2. The van der Waals surface area contributed by atoms with Gasteiger partial charge in [0.05, 0.1) is 52.9 Å². The molecule has 2 N–H and O–H groups in total. The normalized spacial score (nSPS) is 11.5. The van der Waals surface area contributed by atoms with E-state index in [0.29, 0.717) is 28.3 Å².